The molecule has 3 rings (SSSR count). The summed E-state index contributed by atoms with van der Waals surface area (Å²) in [5, 5.41) is 14.5. The van der Waals surface area contributed by atoms with Gasteiger partial charge in [-0.25, -0.2) is 9.59 Å². The van der Waals surface area contributed by atoms with E-state index in [0.29, 0.717) is 19.0 Å². The molecule has 2 aromatic carbocycles. The monoisotopic (exact) mass is 338 g/mol. The van der Waals surface area contributed by atoms with Gasteiger partial charge in [0.1, 0.15) is 0 Å². The predicted octanol–water partition coefficient (Wildman–Crippen LogP) is 2.99. The largest absolute Gasteiger partial charge is 0.478 e. The highest BCUT2D eigenvalue weighted by atomic mass is 16.4. The average molecular weight is 338 g/mol. The number of fused-ring (bicyclic) bond motifs is 1. The second-order valence-electron chi connectivity index (χ2n) is 6.44. The van der Waals surface area contributed by atoms with Crippen LogP contribution in [-0.4, -0.2) is 23.7 Å². The number of rotatable bonds is 6. The minimum atomic E-state index is -0.952. The molecule has 5 nitrogen and oxygen atoms in total. The van der Waals surface area contributed by atoms with E-state index in [-0.39, 0.29) is 11.6 Å². The number of carbonyl (C=O) groups excluding carboxylic acids is 1. The number of amides is 2. The van der Waals surface area contributed by atoms with Gasteiger partial charge in [-0.2, -0.15) is 0 Å². The lowest BCUT2D eigenvalue weighted by atomic mass is 10.0. The van der Waals surface area contributed by atoms with Crippen LogP contribution >= 0.6 is 0 Å². The highest BCUT2D eigenvalue weighted by Crippen LogP contribution is 2.28. The summed E-state index contributed by atoms with van der Waals surface area (Å²) < 4.78 is 0. The molecule has 5 heteroatoms. The van der Waals surface area contributed by atoms with Crippen molar-refractivity contribution in [2.24, 2.45) is 5.92 Å². The summed E-state index contributed by atoms with van der Waals surface area (Å²) in [5.41, 5.74) is 3.97. The molecule has 2 aromatic rings. The SMILES string of the molecule is O=C(NCCC1Cc2ccccc2C1)NCc1ccc(C(=O)O)cc1. The maximum absolute atomic E-state index is 11.9. The minimum Gasteiger partial charge on any atom is -0.478 e. The lowest BCUT2D eigenvalue weighted by Crippen LogP contribution is -2.36. The Morgan fingerprint density at radius 1 is 0.960 bits per heavy atom. The van der Waals surface area contributed by atoms with E-state index in [1.807, 2.05) is 0 Å². The molecule has 0 spiro atoms. The number of carboxylic acid groups (broad SMARTS) is 1. The number of carboxylic acids is 1. The van der Waals surface area contributed by atoms with Crippen LogP contribution in [0.1, 0.15) is 33.5 Å². The van der Waals surface area contributed by atoms with Gasteiger partial charge in [0.2, 0.25) is 0 Å². The van der Waals surface area contributed by atoms with E-state index in [9.17, 15) is 9.59 Å². The zero-order chi connectivity index (χ0) is 17.6. The first kappa shape index (κ1) is 17.0. The quantitative estimate of drug-likeness (QED) is 0.758. The van der Waals surface area contributed by atoms with Gasteiger partial charge in [-0.3, -0.25) is 0 Å². The number of hydrogen-bond acceptors (Lipinski definition) is 2. The molecule has 130 valence electrons. The molecule has 0 atom stereocenters. The molecule has 0 unspecified atom stereocenters. The molecule has 1 aliphatic carbocycles. The average Bonchev–Trinajstić information content (AvgIpc) is 3.03. The molecule has 0 aliphatic heterocycles. The molecule has 0 heterocycles. The third-order valence-corrected chi connectivity index (χ3v) is 4.63. The summed E-state index contributed by atoms with van der Waals surface area (Å²) >= 11 is 0. The van der Waals surface area contributed by atoms with Crippen LogP contribution in [0.15, 0.2) is 48.5 Å². The van der Waals surface area contributed by atoms with Crippen LogP contribution in [0.5, 0.6) is 0 Å². The van der Waals surface area contributed by atoms with Gasteiger partial charge in [0.25, 0.3) is 0 Å². The molecule has 0 aromatic heterocycles. The Labute approximate surface area is 147 Å². The van der Waals surface area contributed by atoms with Crippen LogP contribution in [0.2, 0.25) is 0 Å². The maximum atomic E-state index is 11.9. The molecule has 0 radical (unpaired) electrons. The van der Waals surface area contributed by atoms with Crippen LogP contribution in [0.4, 0.5) is 4.79 Å². The lowest BCUT2D eigenvalue weighted by Gasteiger charge is -2.11. The predicted molar refractivity (Wildman–Crippen MR) is 95.6 cm³/mol. The van der Waals surface area contributed by atoms with Gasteiger partial charge in [-0.05, 0) is 54.0 Å². The molecule has 3 N–H and O–H groups in total. The second-order valence-corrected chi connectivity index (χ2v) is 6.44. The molecule has 0 fully saturated rings. The standard InChI is InChI=1S/C20H22N2O3/c23-19(24)16-7-5-14(6-8-16)13-22-20(25)21-10-9-15-11-17-3-1-2-4-18(17)12-15/h1-8,15H,9-13H2,(H,23,24)(H2,21,22,25). The fraction of sp³-hybridized carbons (Fsp3) is 0.300. The highest BCUT2D eigenvalue weighted by molar-refractivity contribution is 5.87. The second kappa shape index (κ2) is 7.83. The number of urea groups is 1. The topological polar surface area (TPSA) is 78.4 Å². The molecular weight excluding hydrogens is 316 g/mol. The Morgan fingerprint density at radius 3 is 2.20 bits per heavy atom. The third-order valence-electron chi connectivity index (χ3n) is 4.63. The smallest absolute Gasteiger partial charge is 0.335 e. The van der Waals surface area contributed by atoms with Crippen molar-refractivity contribution >= 4 is 12.0 Å². The third kappa shape index (κ3) is 4.59. The molecule has 0 bridgehead atoms. The van der Waals surface area contributed by atoms with Crippen molar-refractivity contribution in [3.05, 3.63) is 70.8 Å². The minimum absolute atomic E-state index is 0.196. The Bertz CT molecular complexity index is 731. The molecular formula is C20H22N2O3. The van der Waals surface area contributed by atoms with Crippen LogP contribution < -0.4 is 10.6 Å². The van der Waals surface area contributed by atoms with Crippen LogP contribution in [0.3, 0.4) is 0 Å². The van der Waals surface area contributed by atoms with Crippen molar-refractivity contribution in [2.45, 2.75) is 25.8 Å². The first-order chi connectivity index (χ1) is 12.1. The van der Waals surface area contributed by atoms with Gasteiger partial charge in [0.05, 0.1) is 5.56 Å². The van der Waals surface area contributed by atoms with E-state index in [2.05, 4.69) is 34.9 Å². The number of benzene rings is 2. The number of carbonyl (C=O) groups is 2. The van der Waals surface area contributed by atoms with E-state index in [4.69, 9.17) is 5.11 Å². The van der Waals surface area contributed by atoms with E-state index >= 15 is 0 Å². The summed E-state index contributed by atoms with van der Waals surface area (Å²) in [6.07, 6.45) is 3.15. The van der Waals surface area contributed by atoms with E-state index in [1.165, 1.54) is 23.3 Å². The van der Waals surface area contributed by atoms with Gasteiger partial charge >= 0.3 is 12.0 Å². The van der Waals surface area contributed by atoms with E-state index in [1.54, 1.807) is 12.1 Å². The van der Waals surface area contributed by atoms with Gasteiger partial charge in [-0.1, -0.05) is 36.4 Å². The van der Waals surface area contributed by atoms with Crippen LogP contribution in [0, 0.1) is 5.92 Å². The van der Waals surface area contributed by atoms with Crippen molar-refractivity contribution in [2.75, 3.05) is 6.54 Å². The first-order valence-corrected chi connectivity index (χ1v) is 8.52. The summed E-state index contributed by atoms with van der Waals surface area (Å²) in [5.74, 6) is -0.354. The number of hydrogen-bond donors (Lipinski definition) is 3. The maximum Gasteiger partial charge on any atom is 0.335 e. The van der Waals surface area contributed by atoms with Crippen molar-refractivity contribution < 1.29 is 14.7 Å². The Morgan fingerprint density at radius 2 is 1.60 bits per heavy atom. The fourth-order valence-corrected chi connectivity index (χ4v) is 3.25. The van der Waals surface area contributed by atoms with Gasteiger partial charge < -0.3 is 15.7 Å². The van der Waals surface area contributed by atoms with Crippen LogP contribution in [0.25, 0.3) is 0 Å². The van der Waals surface area contributed by atoms with Crippen molar-refractivity contribution in [3.63, 3.8) is 0 Å². The lowest BCUT2D eigenvalue weighted by molar-refractivity contribution is 0.0697. The summed E-state index contributed by atoms with van der Waals surface area (Å²) in [6.45, 7) is 1.03. The first-order valence-electron chi connectivity index (χ1n) is 8.52. The van der Waals surface area contributed by atoms with Gasteiger partial charge in [-0.15, -0.1) is 0 Å². The van der Waals surface area contributed by atoms with Gasteiger partial charge in [0.15, 0.2) is 0 Å². The Kier molecular flexibility index (Phi) is 5.33. The zero-order valence-electron chi connectivity index (χ0n) is 14.0. The van der Waals surface area contributed by atoms with E-state index < -0.39 is 5.97 Å². The van der Waals surface area contributed by atoms with Crippen molar-refractivity contribution in [1.29, 1.82) is 0 Å². The number of aromatic carboxylic acids is 1. The summed E-state index contributed by atoms with van der Waals surface area (Å²) in [7, 11) is 0. The Hall–Kier alpha value is -2.82. The molecule has 2 amide bonds. The zero-order valence-corrected chi connectivity index (χ0v) is 14.0. The molecule has 1 aliphatic rings. The van der Waals surface area contributed by atoms with E-state index in [0.717, 1.165) is 24.8 Å². The molecule has 0 saturated heterocycles. The number of nitrogens with one attached hydrogen (secondary N) is 2. The highest BCUT2D eigenvalue weighted by Gasteiger charge is 2.20. The summed E-state index contributed by atoms with van der Waals surface area (Å²) in [4.78, 5) is 22.7. The normalized spacial score (nSPS) is 13.3. The Balaban J connectivity index is 1.35. The molecule has 0 saturated carbocycles. The summed E-state index contributed by atoms with van der Waals surface area (Å²) in [6, 6.07) is 14.8. The van der Waals surface area contributed by atoms with Crippen molar-refractivity contribution in [3.8, 4) is 0 Å². The van der Waals surface area contributed by atoms with Crippen molar-refractivity contribution in [1.82, 2.24) is 10.6 Å². The van der Waals surface area contributed by atoms with Gasteiger partial charge in [0, 0.05) is 13.1 Å². The molecule has 25 heavy (non-hydrogen) atoms. The van der Waals surface area contributed by atoms with Crippen LogP contribution in [-0.2, 0) is 19.4 Å². The fourth-order valence-electron chi connectivity index (χ4n) is 3.25.